The van der Waals surface area contributed by atoms with Crippen LogP contribution in [0, 0.1) is 0 Å². The molecule has 0 radical (unpaired) electrons. The quantitative estimate of drug-likeness (QED) is 0.576. The van der Waals surface area contributed by atoms with Crippen molar-refractivity contribution in [2.45, 2.75) is 32.2 Å². The third-order valence-corrected chi connectivity index (χ3v) is 4.65. The molecule has 1 atom stereocenters. The van der Waals surface area contributed by atoms with Crippen LogP contribution in [0.3, 0.4) is 0 Å². The first kappa shape index (κ1) is 17.4. The van der Waals surface area contributed by atoms with Gasteiger partial charge in [0, 0.05) is 25.7 Å². The second kappa shape index (κ2) is 8.56. The molecular weight excluding hydrogens is 282 g/mol. The van der Waals surface area contributed by atoms with Crippen LogP contribution in [0.4, 0.5) is 0 Å². The molecule has 3 N–H and O–H groups in total. The summed E-state index contributed by atoms with van der Waals surface area (Å²) in [6.07, 6.45) is 2.89. The van der Waals surface area contributed by atoms with Crippen LogP contribution in [0.15, 0.2) is 0 Å². The van der Waals surface area contributed by atoms with E-state index < -0.39 is 10.0 Å². The van der Waals surface area contributed by atoms with Gasteiger partial charge >= 0.3 is 0 Å². The maximum atomic E-state index is 12.1. The van der Waals surface area contributed by atoms with Gasteiger partial charge in [0.25, 0.3) is 0 Å². The minimum Gasteiger partial charge on any atom is -0.381 e. The van der Waals surface area contributed by atoms with Gasteiger partial charge in [0.15, 0.2) is 0 Å². The summed E-state index contributed by atoms with van der Waals surface area (Å²) in [4.78, 5) is 13.7. The zero-order chi connectivity index (χ0) is 15.0. The van der Waals surface area contributed by atoms with Crippen LogP contribution < -0.4 is 10.5 Å². The Morgan fingerprint density at radius 3 is 2.85 bits per heavy atom. The van der Waals surface area contributed by atoms with Gasteiger partial charge in [-0.3, -0.25) is 4.79 Å². The number of piperidine rings is 1. The summed E-state index contributed by atoms with van der Waals surface area (Å²) >= 11 is 0. The molecule has 20 heavy (non-hydrogen) atoms. The summed E-state index contributed by atoms with van der Waals surface area (Å²) in [5.41, 5.74) is 5.65. The highest BCUT2D eigenvalue weighted by Gasteiger charge is 2.26. The Hall–Kier alpha value is -0.700. The molecule has 1 rings (SSSR count). The van der Waals surface area contributed by atoms with E-state index in [1.165, 1.54) is 0 Å². The number of amides is 1. The monoisotopic (exact) mass is 307 g/mol. The average molecular weight is 307 g/mol. The first-order valence-electron chi connectivity index (χ1n) is 7.04. The predicted octanol–water partition coefficient (Wildman–Crippen LogP) is -0.718. The lowest BCUT2D eigenvalue weighted by Crippen LogP contribution is -2.50. The Bertz CT molecular complexity index is 400. The highest BCUT2D eigenvalue weighted by molar-refractivity contribution is 7.89. The first-order chi connectivity index (χ1) is 9.50. The lowest BCUT2D eigenvalue weighted by atomic mass is 10.0. The number of carbonyl (C=O) groups is 1. The molecule has 1 aliphatic rings. The molecule has 1 amide bonds. The number of sulfonamides is 1. The summed E-state index contributed by atoms with van der Waals surface area (Å²) in [7, 11) is -3.47. The maximum absolute atomic E-state index is 12.1. The lowest BCUT2D eigenvalue weighted by molar-refractivity contribution is -0.133. The number of nitrogens with zero attached hydrogens (tertiary/aromatic N) is 1. The number of rotatable bonds is 8. The number of likely N-dealkylation sites (tertiary alicyclic amines) is 1. The van der Waals surface area contributed by atoms with Gasteiger partial charge in [0.05, 0.1) is 18.9 Å². The molecule has 0 aromatic heterocycles. The van der Waals surface area contributed by atoms with E-state index in [9.17, 15) is 13.2 Å². The van der Waals surface area contributed by atoms with Gasteiger partial charge in [-0.05, 0) is 26.2 Å². The van der Waals surface area contributed by atoms with Crippen molar-refractivity contribution in [3.63, 3.8) is 0 Å². The molecule has 0 aliphatic carbocycles. The molecular formula is C12H25N3O4S. The summed E-state index contributed by atoms with van der Waals surface area (Å²) in [5.74, 6) is -0.339. The molecule has 1 fully saturated rings. The fourth-order valence-corrected chi connectivity index (χ4v) is 3.06. The van der Waals surface area contributed by atoms with Gasteiger partial charge in [-0.25, -0.2) is 13.1 Å². The molecule has 0 aromatic rings. The maximum Gasteiger partial charge on any atom is 0.237 e. The minimum absolute atomic E-state index is 0.0316. The molecule has 8 heteroatoms. The van der Waals surface area contributed by atoms with Crippen molar-refractivity contribution < 1.29 is 17.9 Å². The third kappa shape index (κ3) is 5.74. The van der Waals surface area contributed by atoms with Gasteiger partial charge in [-0.1, -0.05) is 0 Å². The van der Waals surface area contributed by atoms with E-state index in [-0.39, 0.29) is 30.9 Å². The van der Waals surface area contributed by atoms with E-state index in [1.807, 2.05) is 0 Å². The van der Waals surface area contributed by atoms with E-state index in [0.29, 0.717) is 19.7 Å². The van der Waals surface area contributed by atoms with Crippen molar-refractivity contribution >= 4 is 15.9 Å². The Morgan fingerprint density at radius 1 is 1.45 bits per heavy atom. The van der Waals surface area contributed by atoms with E-state index in [1.54, 1.807) is 11.8 Å². The van der Waals surface area contributed by atoms with Gasteiger partial charge < -0.3 is 15.4 Å². The third-order valence-electron chi connectivity index (χ3n) is 3.36. The van der Waals surface area contributed by atoms with Crippen LogP contribution in [0.5, 0.6) is 0 Å². The SMILES string of the molecule is CCOCCS(=O)(=O)NCC(=O)N1CCCCC1CN. The van der Waals surface area contributed by atoms with Crippen molar-refractivity contribution in [3.05, 3.63) is 0 Å². The van der Waals surface area contributed by atoms with Gasteiger partial charge in [0.2, 0.25) is 15.9 Å². The summed E-state index contributed by atoms with van der Waals surface area (Å²) in [6, 6.07) is 0.0316. The van der Waals surface area contributed by atoms with E-state index in [0.717, 1.165) is 19.3 Å². The second-order valence-electron chi connectivity index (χ2n) is 4.81. The molecule has 0 spiro atoms. The zero-order valence-corrected chi connectivity index (χ0v) is 12.8. The smallest absolute Gasteiger partial charge is 0.237 e. The largest absolute Gasteiger partial charge is 0.381 e. The highest BCUT2D eigenvalue weighted by Crippen LogP contribution is 2.15. The fraction of sp³-hybridized carbons (Fsp3) is 0.917. The second-order valence-corrected chi connectivity index (χ2v) is 6.74. The standard InChI is InChI=1S/C12H25N3O4S/c1-2-19-7-8-20(17,18)14-10-12(16)15-6-4-3-5-11(15)9-13/h11,14H,2-10,13H2,1H3. The number of nitrogens with two attached hydrogens (primary N) is 1. The van der Waals surface area contributed by atoms with Crippen LogP contribution in [-0.4, -0.2) is 63.9 Å². The number of hydrogen-bond donors (Lipinski definition) is 2. The normalized spacial score (nSPS) is 20.1. The molecule has 1 heterocycles. The van der Waals surface area contributed by atoms with Crippen LogP contribution in [-0.2, 0) is 19.6 Å². The van der Waals surface area contributed by atoms with Crippen LogP contribution >= 0.6 is 0 Å². The number of nitrogens with one attached hydrogen (secondary N) is 1. The molecule has 118 valence electrons. The van der Waals surface area contributed by atoms with Crippen molar-refractivity contribution in [1.29, 1.82) is 0 Å². The number of ether oxygens (including phenoxy) is 1. The number of hydrogen-bond acceptors (Lipinski definition) is 5. The van der Waals surface area contributed by atoms with Gasteiger partial charge in [-0.15, -0.1) is 0 Å². The van der Waals surface area contributed by atoms with Crippen molar-refractivity contribution in [1.82, 2.24) is 9.62 Å². The van der Waals surface area contributed by atoms with Crippen LogP contribution in [0.2, 0.25) is 0 Å². The predicted molar refractivity (Wildman–Crippen MR) is 76.7 cm³/mol. The van der Waals surface area contributed by atoms with Crippen molar-refractivity contribution in [3.8, 4) is 0 Å². The molecule has 1 aliphatic heterocycles. The Labute approximate surface area is 120 Å². The average Bonchev–Trinajstić information content (AvgIpc) is 2.45. The molecule has 7 nitrogen and oxygen atoms in total. The minimum atomic E-state index is -3.47. The Kier molecular flexibility index (Phi) is 7.42. The van der Waals surface area contributed by atoms with E-state index >= 15 is 0 Å². The van der Waals surface area contributed by atoms with Crippen molar-refractivity contribution in [2.75, 3.05) is 38.6 Å². The topological polar surface area (TPSA) is 102 Å². The molecule has 0 saturated carbocycles. The lowest BCUT2D eigenvalue weighted by Gasteiger charge is -2.35. The van der Waals surface area contributed by atoms with Crippen LogP contribution in [0.25, 0.3) is 0 Å². The number of carbonyl (C=O) groups excluding carboxylic acids is 1. The summed E-state index contributed by atoms with van der Waals surface area (Å²) in [6.45, 7) is 3.28. The molecule has 0 aromatic carbocycles. The summed E-state index contributed by atoms with van der Waals surface area (Å²) in [5, 5.41) is 0. The summed E-state index contributed by atoms with van der Waals surface area (Å²) < 4.78 is 30.6. The first-order valence-corrected chi connectivity index (χ1v) is 8.70. The van der Waals surface area contributed by atoms with E-state index in [2.05, 4.69) is 4.72 Å². The molecule has 1 unspecified atom stereocenters. The zero-order valence-electron chi connectivity index (χ0n) is 12.0. The van der Waals surface area contributed by atoms with Crippen LogP contribution in [0.1, 0.15) is 26.2 Å². The Balaban J connectivity index is 2.41. The highest BCUT2D eigenvalue weighted by atomic mass is 32.2. The molecule has 0 bridgehead atoms. The van der Waals surface area contributed by atoms with Gasteiger partial charge in [-0.2, -0.15) is 0 Å². The van der Waals surface area contributed by atoms with Gasteiger partial charge in [0.1, 0.15) is 0 Å². The molecule has 1 saturated heterocycles. The van der Waals surface area contributed by atoms with E-state index in [4.69, 9.17) is 10.5 Å². The fourth-order valence-electron chi connectivity index (χ4n) is 2.23. The van der Waals surface area contributed by atoms with Crippen molar-refractivity contribution in [2.24, 2.45) is 5.73 Å². The Morgan fingerprint density at radius 2 is 2.20 bits per heavy atom.